The van der Waals surface area contributed by atoms with E-state index in [4.69, 9.17) is 5.11 Å². The molecule has 0 aromatic carbocycles. The topological polar surface area (TPSA) is 66.4 Å². The molecule has 4 heteroatoms. The molecule has 1 amide bonds. The Morgan fingerprint density at radius 3 is 2.40 bits per heavy atom. The summed E-state index contributed by atoms with van der Waals surface area (Å²) >= 11 is 0. The van der Waals surface area contributed by atoms with E-state index in [2.05, 4.69) is 5.32 Å². The summed E-state index contributed by atoms with van der Waals surface area (Å²) in [7, 11) is 0. The lowest BCUT2D eigenvalue weighted by molar-refractivity contribution is -0.147. The van der Waals surface area contributed by atoms with Gasteiger partial charge in [0.1, 0.15) is 5.54 Å². The number of carbonyl (C=O) groups excluding carboxylic acids is 1. The first-order valence-electron chi connectivity index (χ1n) is 5.65. The Kier molecular flexibility index (Phi) is 4.12. The predicted octanol–water partition coefficient (Wildman–Crippen LogP) is 1.69. The van der Waals surface area contributed by atoms with Crippen LogP contribution in [0.25, 0.3) is 0 Å². The number of hydrogen-bond donors (Lipinski definition) is 2. The van der Waals surface area contributed by atoms with Crippen LogP contribution in [-0.2, 0) is 9.59 Å². The fourth-order valence-corrected chi connectivity index (χ4v) is 2.04. The average Bonchev–Trinajstić information content (AvgIpc) is 2.64. The van der Waals surface area contributed by atoms with Crippen LogP contribution in [0, 0.1) is 0 Å². The van der Waals surface area contributed by atoms with Crippen LogP contribution < -0.4 is 5.32 Å². The third kappa shape index (κ3) is 2.94. The molecular weight excluding hydrogens is 194 g/mol. The number of nitrogens with one attached hydrogen (secondary N) is 1. The highest BCUT2D eigenvalue weighted by molar-refractivity contribution is 5.87. The van der Waals surface area contributed by atoms with Gasteiger partial charge in [-0.15, -0.1) is 0 Å². The van der Waals surface area contributed by atoms with Crippen LogP contribution >= 0.6 is 0 Å². The van der Waals surface area contributed by atoms with Crippen molar-refractivity contribution in [3.63, 3.8) is 0 Å². The highest BCUT2D eigenvalue weighted by atomic mass is 16.4. The number of carboxylic acids is 1. The summed E-state index contributed by atoms with van der Waals surface area (Å²) in [5.41, 5.74) is -0.967. The van der Waals surface area contributed by atoms with Gasteiger partial charge in [-0.25, -0.2) is 4.79 Å². The summed E-state index contributed by atoms with van der Waals surface area (Å²) in [5, 5.41) is 11.8. The van der Waals surface area contributed by atoms with Crippen molar-refractivity contribution in [2.24, 2.45) is 0 Å². The van der Waals surface area contributed by atoms with Crippen molar-refractivity contribution in [1.82, 2.24) is 5.32 Å². The molecule has 4 nitrogen and oxygen atoms in total. The molecule has 0 aliphatic heterocycles. The lowest BCUT2D eigenvalue weighted by Crippen LogP contribution is -2.52. The Balaban J connectivity index is 2.52. The second-order valence-electron chi connectivity index (χ2n) is 4.25. The maximum absolute atomic E-state index is 11.5. The van der Waals surface area contributed by atoms with E-state index in [-0.39, 0.29) is 5.91 Å². The number of carbonyl (C=O) groups is 2. The molecule has 1 rings (SSSR count). The Hall–Kier alpha value is -1.06. The van der Waals surface area contributed by atoms with E-state index in [1.807, 2.05) is 6.92 Å². The van der Waals surface area contributed by atoms with E-state index in [1.165, 1.54) is 0 Å². The summed E-state index contributed by atoms with van der Waals surface area (Å²) in [6, 6.07) is 0. The van der Waals surface area contributed by atoms with Crippen molar-refractivity contribution < 1.29 is 14.7 Å². The van der Waals surface area contributed by atoms with E-state index >= 15 is 0 Å². The second kappa shape index (κ2) is 5.14. The van der Waals surface area contributed by atoms with Crippen LogP contribution in [0.5, 0.6) is 0 Å². The van der Waals surface area contributed by atoms with Gasteiger partial charge in [-0.2, -0.15) is 0 Å². The minimum atomic E-state index is -0.967. The first-order chi connectivity index (χ1) is 7.10. The van der Waals surface area contributed by atoms with Gasteiger partial charge < -0.3 is 10.4 Å². The molecule has 1 aliphatic rings. The van der Waals surface area contributed by atoms with Gasteiger partial charge in [0.15, 0.2) is 0 Å². The summed E-state index contributed by atoms with van der Waals surface area (Å²) in [6.45, 7) is 2.01. The number of amides is 1. The number of rotatable bonds is 5. The molecule has 0 radical (unpaired) electrons. The number of unbranched alkanes of at least 4 members (excludes halogenated alkanes) is 1. The zero-order valence-corrected chi connectivity index (χ0v) is 9.21. The maximum Gasteiger partial charge on any atom is 0.329 e. The lowest BCUT2D eigenvalue weighted by Gasteiger charge is -2.25. The van der Waals surface area contributed by atoms with Crippen LogP contribution in [-0.4, -0.2) is 22.5 Å². The quantitative estimate of drug-likeness (QED) is 0.730. The van der Waals surface area contributed by atoms with E-state index < -0.39 is 11.5 Å². The third-order valence-corrected chi connectivity index (χ3v) is 3.00. The lowest BCUT2D eigenvalue weighted by atomic mass is 9.97. The highest BCUT2D eigenvalue weighted by Crippen LogP contribution is 2.30. The molecule has 0 aromatic rings. The molecule has 0 bridgehead atoms. The highest BCUT2D eigenvalue weighted by Gasteiger charge is 2.42. The van der Waals surface area contributed by atoms with E-state index in [0.29, 0.717) is 19.3 Å². The molecule has 1 saturated carbocycles. The van der Waals surface area contributed by atoms with E-state index in [0.717, 1.165) is 25.7 Å². The fourth-order valence-electron chi connectivity index (χ4n) is 2.04. The minimum Gasteiger partial charge on any atom is -0.480 e. The van der Waals surface area contributed by atoms with Crippen LogP contribution in [0.2, 0.25) is 0 Å². The molecule has 1 fully saturated rings. The van der Waals surface area contributed by atoms with Crippen LogP contribution in [0.4, 0.5) is 0 Å². The Labute approximate surface area is 90.0 Å². The SMILES string of the molecule is CCCCC(=O)NC1(C(=O)O)CCCC1. The molecule has 15 heavy (non-hydrogen) atoms. The zero-order valence-electron chi connectivity index (χ0n) is 9.21. The smallest absolute Gasteiger partial charge is 0.329 e. The van der Waals surface area contributed by atoms with Crippen molar-refractivity contribution in [3.8, 4) is 0 Å². The predicted molar refractivity (Wildman–Crippen MR) is 56.5 cm³/mol. The van der Waals surface area contributed by atoms with Gasteiger partial charge in [0.2, 0.25) is 5.91 Å². The third-order valence-electron chi connectivity index (χ3n) is 3.00. The Morgan fingerprint density at radius 1 is 1.33 bits per heavy atom. The van der Waals surface area contributed by atoms with Crippen molar-refractivity contribution >= 4 is 11.9 Å². The average molecular weight is 213 g/mol. The van der Waals surface area contributed by atoms with Gasteiger partial charge in [-0.3, -0.25) is 4.79 Å². The van der Waals surface area contributed by atoms with Gasteiger partial charge in [0.25, 0.3) is 0 Å². The van der Waals surface area contributed by atoms with E-state index in [9.17, 15) is 9.59 Å². The fraction of sp³-hybridized carbons (Fsp3) is 0.818. The minimum absolute atomic E-state index is 0.124. The number of aliphatic carboxylic acids is 1. The molecule has 1 aliphatic carbocycles. The molecular formula is C11H19NO3. The molecule has 0 spiro atoms. The van der Waals surface area contributed by atoms with Crippen molar-refractivity contribution in [2.75, 3.05) is 0 Å². The molecule has 0 atom stereocenters. The first kappa shape index (κ1) is 12.0. The first-order valence-corrected chi connectivity index (χ1v) is 5.65. The number of hydrogen-bond acceptors (Lipinski definition) is 2. The summed E-state index contributed by atoms with van der Waals surface area (Å²) in [4.78, 5) is 22.6. The van der Waals surface area contributed by atoms with Gasteiger partial charge in [0.05, 0.1) is 0 Å². The van der Waals surface area contributed by atoms with Crippen molar-refractivity contribution in [2.45, 2.75) is 57.4 Å². The Morgan fingerprint density at radius 2 is 1.93 bits per heavy atom. The van der Waals surface area contributed by atoms with Gasteiger partial charge in [-0.1, -0.05) is 26.2 Å². The molecule has 0 unspecified atom stereocenters. The Bertz CT molecular complexity index is 244. The van der Waals surface area contributed by atoms with Gasteiger partial charge in [-0.05, 0) is 19.3 Å². The van der Waals surface area contributed by atoms with Crippen molar-refractivity contribution in [3.05, 3.63) is 0 Å². The largest absolute Gasteiger partial charge is 0.480 e. The summed E-state index contributed by atoms with van der Waals surface area (Å²) in [6.07, 6.45) is 5.13. The summed E-state index contributed by atoms with van der Waals surface area (Å²) < 4.78 is 0. The number of carboxylic acid groups (broad SMARTS) is 1. The molecule has 2 N–H and O–H groups in total. The second-order valence-corrected chi connectivity index (χ2v) is 4.25. The molecule has 0 saturated heterocycles. The van der Waals surface area contributed by atoms with Gasteiger partial charge in [0, 0.05) is 6.42 Å². The van der Waals surface area contributed by atoms with Crippen molar-refractivity contribution in [1.29, 1.82) is 0 Å². The monoisotopic (exact) mass is 213 g/mol. The van der Waals surface area contributed by atoms with Gasteiger partial charge >= 0.3 is 5.97 Å². The zero-order chi connectivity index (χ0) is 11.3. The maximum atomic E-state index is 11.5. The van der Waals surface area contributed by atoms with Crippen LogP contribution in [0.1, 0.15) is 51.9 Å². The standard InChI is InChI=1S/C11H19NO3/c1-2-3-6-9(13)12-11(10(14)15)7-4-5-8-11/h2-8H2,1H3,(H,12,13)(H,14,15). The molecule has 86 valence electrons. The molecule has 0 aromatic heterocycles. The van der Waals surface area contributed by atoms with E-state index in [1.54, 1.807) is 0 Å². The van der Waals surface area contributed by atoms with Crippen LogP contribution in [0.15, 0.2) is 0 Å². The van der Waals surface area contributed by atoms with Crippen LogP contribution in [0.3, 0.4) is 0 Å². The molecule has 0 heterocycles. The normalized spacial score (nSPS) is 18.7. The summed E-state index contributed by atoms with van der Waals surface area (Å²) in [5.74, 6) is -1.01.